The van der Waals surface area contributed by atoms with Gasteiger partial charge >= 0.3 is 11.9 Å². The van der Waals surface area contributed by atoms with Crippen molar-refractivity contribution in [2.24, 2.45) is 5.73 Å². The van der Waals surface area contributed by atoms with Crippen LogP contribution in [0.5, 0.6) is 0 Å². The van der Waals surface area contributed by atoms with E-state index >= 15 is 0 Å². The van der Waals surface area contributed by atoms with Gasteiger partial charge < -0.3 is 31.3 Å². The Morgan fingerprint density at radius 1 is 1.29 bits per heavy atom. The van der Waals surface area contributed by atoms with Crippen molar-refractivity contribution in [2.75, 3.05) is 6.54 Å². The number of aliphatic hydroxyl groups is 1. The Morgan fingerprint density at radius 2 is 1.92 bits per heavy atom. The zero-order valence-corrected chi connectivity index (χ0v) is 13.3. The molecule has 0 bridgehead atoms. The number of carboxylic acid groups (broad SMARTS) is 2. The van der Waals surface area contributed by atoms with Gasteiger partial charge in [-0.25, -0.2) is 4.79 Å². The van der Waals surface area contributed by atoms with E-state index in [0.717, 1.165) is 4.90 Å². The summed E-state index contributed by atoms with van der Waals surface area (Å²) in [6, 6.07) is -3.48. The van der Waals surface area contributed by atoms with E-state index in [2.05, 4.69) is 5.32 Å². The molecule has 0 aromatic carbocycles. The first-order chi connectivity index (χ1) is 11.1. The second-order valence-electron chi connectivity index (χ2n) is 5.79. The van der Waals surface area contributed by atoms with Crippen molar-refractivity contribution in [3.05, 3.63) is 0 Å². The van der Waals surface area contributed by atoms with Gasteiger partial charge in [0.25, 0.3) is 0 Å². The second-order valence-corrected chi connectivity index (χ2v) is 5.79. The van der Waals surface area contributed by atoms with Gasteiger partial charge in [-0.05, 0) is 26.2 Å². The zero-order chi connectivity index (χ0) is 18.4. The molecule has 10 nitrogen and oxygen atoms in total. The molecule has 4 atom stereocenters. The molecular weight excluding hydrogens is 322 g/mol. The molecule has 1 fully saturated rings. The zero-order valence-electron chi connectivity index (χ0n) is 13.3. The number of nitrogens with zero attached hydrogens (tertiary/aromatic N) is 1. The molecule has 10 heteroatoms. The Morgan fingerprint density at radius 3 is 2.42 bits per heavy atom. The summed E-state index contributed by atoms with van der Waals surface area (Å²) in [6.07, 6.45) is -0.873. The van der Waals surface area contributed by atoms with E-state index in [0.29, 0.717) is 12.8 Å². The van der Waals surface area contributed by atoms with Gasteiger partial charge in [-0.3, -0.25) is 14.4 Å². The smallest absolute Gasteiger partial charge is 0.326 e. The lowest BCUT2D eigenvalue weighted by Crippen LogP contribution is -2.58. The quantitative estimate of drug-likeness (QED) is 0.340. The van der Waals surface area contributed by atoms with Crippen LogP contribution in [0, 0.1) is 0 Å². The molecule has 0 aromatic rings. The maximum Gasteiger partial charge on any atom is 0.326 e. The Kier molecular flexibility index (Phi) is 7.11. The van der Waals surface area contributed by atoms with Gasteiger partial charge in [0.1, 0.15) is 12.1 Å². The third-order valence-corrected chi connectivity index (χ3v) is 3.87. The van der Waals surface area contributed by atoms with E-state index in [4.69, 9.17) is 15.9 Å². The summed E-state index contributed by atoms with van der Waals surface area (Å²) in [7, 11) is 0. The Bertz CT molecular complexity index is 509. The highest BCUT2D eigenvalue weighted by atomic mass is 16.4. The summed E-state index contributed by atoms with van der Waals surface area (Å²) >= 11 is 0. The highest BCUT2D eigenvalue weighted by Gasteiger charge is 2.39. The van der Waals surface area contributed by atoms with Crippen LogP contribution >= 0.6 is 0 Å². The number of carbonyl (C=O) groups is 4. The number of likely N-dealkylation sites (tertiary alicyclic amines) is 1. The fraction of sp³-hybridized carbons (Fsp3) is 0.714. The lowest BCUT2D eigenvalue weighted by molar-refractivity contribution is -0.150. The number of nitrogens with two attached hydrogens (primary N) is 1. The van der Waals surface area contributed by atoms with Crippen LogP contribution in [-0.2, 0) is 19.2 Å². The summed E-state index contributed by atoms with van der Waals surface area (Å²) in [4.78, 5) is 47.2. The van der Waals surface area contributed by atoms with Crippen LogP contribution in [0.2, 0.25) is 0 Å². The van der Waals surface area contributed by atoms with Crippen molar-refractivity contribution in [3.8, 4) is 0 Å². The minimum atomic E-state index is -1.34. The van der Waals surface area contributed by atoms with Crippen molar-refractivity contribution >= 4 is 23.8 Å². The first-order valence-electron chi connectivity index (χ1n) is 7.64. The number of carboxylic acids is 2. The van der Waals surface area contributed by atoms with Crippen LogP contribution in [-0.4, -0.2) is 74.7 Å². The number of carbonyl (C=O) groups excluding carboxylic acids is 2. The maximum atomic E-state index is 12.5. The van der Waals surface area contributed by atoms with Gasteiger partial charge in [-0.2, -0.15) is 0 Å². The Labute approximate surface area is 138 Å². The highest BCUT2D eigenvalue weighted by Crippen LogP contribution is 2.19. The van der Waals surface area contributed by atoms with E-state index in [1.54, 1.807) is 0 Å². The molecule has 1 aliphatic heterocycles. The summed E-state index contributed by atoms with van der Waals surface area (Å²) in [5.74, 6) is -3.73. The second kappa shape index (κ2) is 8.60. The van der Waals surface area contributed by atoms with Crippen molar-refractivity contribution in [1.82, 2.24) is 10.2 Å². The number of hydrogen-bond acceptors (Lipinski definition) is 6. The van der Waals surface area contributed by atoms with Gasteiger partial charge in [-0.1, -0.05) is 0 Å². The number of rotatable bonds is 8. The third-order valence-electron chi connectivity index (χ3n) is 3.87. The van der Waals surface area contributed by atoms with Crippen LogP contribution in [0.3, 0.4) is 0 Å². The molecule has 0 unspecified atom stereocenters. The van der Waals surface area contributed by atoms with Crippen LogP contribution in [0.1, 0.15) is 32.6 Å². The minimum Gasteiger partial charge on any atom is -0.481 e. The number of hydrogen-bond donors (Lipinski definition) is 5. The average Bonchev–Trinajstić information content (AvgIpc) is 2.98. The largest absolute Gasteiger partial charge is 0.481 e. The van der Waals surface area contributed by atoms with Crippen LogP contribution in [0.4, 0.5) is 0 Å². The molecule has 0 saturated carbocycles. The molecule has 136 valence electrons. The van der Waals surface area contributed by atoms with E-state index < -0.39 is 48.0 Å². The van der Waals surface area contributed by atoms with Crippen molar-refractivity contribution in [3.63, 3.8) is 0 Å². The summed E-state index contributed by atoms with van der Waals surface area (Å²) in [6.45, 7) is 1.51. The molecule has 1 aliphatic rings. The molecule has 24 heavy (non-hydrogen) atoms. The Balaban J connectivity index is 2.76. The molecule has 0 aliphatic carbocycles. The van der Waals surface area contributed by atoms with E-state index in [9.17, 15) is 24.3 Å². The van der Waals surface area contributed by atoms with Gasteiger partial charge in [-0.15, -0.1) is 0 Å². The third kappa shape index (κ3) is 5.17. The standard InChI is InChI=1S/C14H23N3O7/c1-7(18)11(16-12(21)8(15)4-5-10(19)20)13(22)17-6-2-3-9(17)14(23)24/h7-9,11,18H,2-6,15H2,1H3,(H,16,21)(H,19,20)(H,23,24)/t7-,8+,9+,11+/m1/s1. The lowest BCUT2D eigenvalue weighted by atomic mass is 10.1. The summed E-state index contributed by atoms with van der Waals surface area (Å²) in [5.41, 5.74) is 5.57. The van der Waals surface area contributed by atoms with Gasteiger partial charge in [0.05, 0.1) is 12.1 Å². The average molecular weight is 345 g/mol. The first-order valence-corrected chi connectivity index (χ1v) is 7.64. The predicted octanol–water partition coefficient (Wildman–Crippen LogP) is -1.88. The fourth-order valence-corrected chi connectivity index (χ4v) is 2.52. The molecular formula is C14H23N3O7. The van der Waals surface area contributed by atoms with Crippen molar-refractivity contribution in [2.45, 2.75) is 56.8 Å². The number of aliphatic hydroxyl groups excluding tert-OH is 1. The molecule has 0 spiro atoms. The van der Waals surface area contributed by atoms with Crippen molar-refractivity contribution < 1.29 is 34.5 Å². The molecule has 2 amide bonds. The van der Waals surface area contributed by atoms with E-state index in [1.165, 1.54) is 6.92 Å². The monoisotopic (exact) mass is 345 g/mol. The van der Waals surface area contributed by atoms with Crippen LogP contribution in [0.15, 0.2) is 0 Å². The van der Waals surface area contributed by atoms with Crippen LogP contribution in [0.25, 0.3) is 0 Å². The van der Waals surface area contributed by atoms with Crippen LogP contribution < -0.4 is 11.1 Å². The fourth-order valence-electron chi connectivity index (χ4n) is 2.52. The maximum absolute atomic E-state index is 12.5. The molecule has 1 saturated heterocycles. The predicted molar refractivity (Wildman–Crippen MR) is 80.8 cm³/mol. The van der Waals surface area contributed by atoms with Crippen molar-refractivity contribution in [1.29, 1.82) is 0 Å². The summed E-state index contributed by atoms with van der Waals surface area (Å²) in [5, 5.41) is 29.8. The summed E-state index contributed by atoms with van der Waals surface area (Å²) < 4.78 is 0. The van der Waals surface area contributed by atoms with Gasteiger partial charge in [0.15, 0.2) is 0 Å². The highest BCUT2D eigenvalue weighted by molar-refractivity contribution is 5.92. The first kappa shape index (κ1) is 19.8. The number of amides is 2. The van der Waals surface area contributed by atoms with Gasteiger partial charge in [0, 0.05) is 13.0 Å². The number of nitrogens with one attached hydrogen (secondary N) is 1. The molecule has 1 rings (SSSR count). The molecule has 0 aromatic heterocycles. The Hall–Kier alpha value is -2.20. The van der Waals surface area contributed by atoms with Gasteiger partial charge in [0.2, 0.25) is 11.8 Å². The molecule has 6 N–H and O–H groups in total. The lowest BCUT2D eigenvalue weighted by Gasteiger charge is -2.29. The van der Waals surface area contributed by atoms with E-state index in [-0.39, 0.29) is 19.4 Å². The normalized spacial score (nSPS) is 21.0. The molecule has 0 radical (unpaired) electrons. The minimum absolute atomic E-state index is 0.122. The topological polar surface area (TPSA) is 170 Å². The van der Waals surface area contributed by atoms with E-state index in [1.807, 2.05) is 0 Å². The molecule has 1 heterocycles. The number of aliphatic carboxylic acids is 2. The SMILES string of the molecule is C[C@@H](O)[C@H](NC(=O)[C@@H](N)CCC(=O)O)C(=O)N1CCC[C@H]1C(=O)O.